The lowest BCUT2D eigenvalue weighted by molar-refractivity contribution is -0.123. The molecule has 1 aliphatic rings. The van der Waals surface area contributed by atoms with E-state index in [1.165, 1.54) is 12.1 Å². The minimum atomic E-state index is -1.19. The summed E-state index contributed by atoms with van der Waals surface area (Å²) >= 11 is 2.07. The largest absolute Gasteiger partial charge is 0.489 e. The topological polar surface area (TPSA) is 85.4 Å². The van der Waals surface area contributed by atoms with Crippen molar-refractivity contribution < 1.29 is 19.0 Å². The Balaban J connectivity index is 2.29. The Morgan fingerprint density at radius 2 is 2.12 bits per heavy atom. The predicted octanol–water partition coefficient (Wildman–Crippen LogP) is 2.67. The van der Waals surface area contributed by atoms with Gasteiger partial charge in [0.1, 0.15) is 34.9 Å². The summed E-state index contributed by atoms with van der Waals surface area (Å²) in [6, 6.07) is 7.51. The molecule has 0 fully saturated rings. The van der Waals surface area contributed by atoms with Gasteiger partial charge < -0.3 is 15.6 Å². The molecule has 1 aliphatic heterocycles. The fourth-order valence-electron chi connectivity index (χ4n) is 2.74. The normalized spacial score (nSPS) is 21.3. The number of ether oxygens (including phenoxy) is 1. The van der Waals surface area contributed by atoms with Gasteiger partial charge in [-0.25, -0.2) is 9.37 Å². The minimum Gasteiger partial charge on any atom is -0.489 e. The van der Waals surface area contributed by atoms with Gasteiger partial charge in [0, 0.05) is 15.6 Å². The Morgan fingerprint density at radius 3 is 2.68 bits per heavy atom. The van der Waals surface area contributed by atoms with Crippen molar-refractivity contribution in [3.05, 3.63) is 47.4 Å². The Bertz CT molecular complexity index is 839. The number of aliphatic hydroxyl groups is 1. The van der Waals surface area contributed by atoms with E-state index in [-0.39, 0.29) is 12.4 Å². The molecule has 5 nitrogen and oxygen atoms in total. The number of halogens is 2. The van der Waals surface area contributed by atoms with Crippen LogP contribution in [0.15, 0.2) is 30.3 Å². The summed E-state index contributed by atoms with van der Waals surface area (Å²) in [5, 5.41) is 10.7. The number of fused-ring (bicyclic) bond motifs is 1. The van der Waals surface area contributed by atoms with E-state index in [2.05, 4.69) is 27.6 Å². The second-order valence-electron chi connectivity index (χ2n) is 6.63. The third kappa shape index (κ3) is 2.99. The van der Waals surface area contributed by atoms with E-state index >= 15 is 0 Å². The highest BCUT2D eigenvalue weighted by Gasteiger charge is 2.44. The van der Waals surface area contributed by atoms with Gasteiger partial charge in [0.05, 0.1) is 5.69 Å². The number of carbonyl (C=O) groups is 1. The van der Waals surface area contributed by atoms with Gasteiger partial charge >= 0.3 is 0 Å². The lowest BCUT2D eigenvalue weighted by Crippen LogP contribution is -2.40. The number of hydrogen-bond donors (Lipinski definition) is 2. The molecule has 1 aromatic heterocycles. The van der Waals surface area contributed by atoms with E-state index in [0.29, 0.717) is 32.7 Å². The fourth-order valence-corrected chi connectivity index (χ4v) is 3.13. The van der Waals surface area contributed by atoms with Gasteiger partial charge in [0.15, 0.2) is 0 Å². The zero-order valence-corrected chi connectivity index (χ0v) is 16.0. The number of amides is 1. The molecule has 3 rings (SSSR count). The molecular weight excluding hydrogens is 438 g/mol. The maximum Gasteiger partial charge on any atom is 0.231 e. The molecule has 0 saturated heterocycles. The molecule has 0 radical (unpaired) electrons. The van der Waals surface area contributed by atoms with Gasteiger partial charge in [-0.3, -0.25) is 4.79 Å². The third-order valence-electron chi connectivity index (χ3n) is 4.55. The summed E-state index contributed by atoms with van der Waals surface area (Å²) in [6.45, 7) is 3.46. The van der Waals surface area contributed by atoms with E-state index in [4.69, 9.17) is 10.5 Å². The highest BCUT2D eigenvalue weighted by atomic mass is 127. The summed E-state index contributed by atoms with van der Waals surface area (Å²) in [6.07, 6.45) is 0. The lowest BCUT2D eigenvalue weighted by Gasteiger charge is -2.24. The van der Waals surface area contributed by atoms with Crippen LogP contribution in [0.5, 0.6) is 5.75 Å². The molecule has 2 heterocycles. The second kappa shape index (κ2) is 6.21. The summed E-state index contributed by atoms with van der Waals surface area (Å²) in [5.74, 6) is -0.429. The van der Waals surface area contributed by atoms with Crippen molar-refractivity contribution >= 4 is 28.5 Å². The van der Waals surface area contributed by atoms with Crippen LogP contribution in [0.25, 0.3) is 11.3 Å². The first-order valence-electron chi connectivity index (χ1n) is 7.72. The highest BCUT2D eigenvalue weighted by Crippen LogP contribution is 2.45. The number of nitrogens with two attached hydrogens (primary N) is 1. The first kappa shape index (κ1) is 18.1. The van der Waals surface area contributed by atoms with Crippen LogP contribution in [-0.2, 0) is 15.8 Å². The van der Waals surface area contributed by atoms with Crippen molar-refractivity contribution in [3.63, 3.8) is 0 Å². The Hall–Kier alpha value is -1.74. The van der Waals surface area contributed by atoms with Gasteiger partial charge in [0.2, 0.25) is 5.91 Å². The molecule has 1 aromatic carbocycles. The van der Waals surface area contributed by atoms with E-state index in [9.17, 15) is 14.3 Å². The second-order valence-corrected chi connectivity index (χ2v) is 7.39. The molecule has 7 heteroatoms. The van der Waals surface area contributed by atoms with Crippen molar-refractivity contribution in [1.82, 2.24) is 4.98 Å². The van der Waals surface area contributed by atoms with E-state index in [1.54, 1.807) is 32.0 Å². The monoisotopic (exact) mass is 456 g/mol. The zero-order chi connectivity index (χ0) is 18.4. The summed E-state index contributed by atoms with van der Waals surface area (Å²) in [5.41, 5.74) is 5.50. The molecule has 0 unspecified atom stereocenters. The Morgan fingerprint density at radius 1 is 1.48 bits per heavy atom. The molecule has 132 valence electrons. The SMILES string of the molecule is C[C@@](O)(CI)c1cc2c(c(-c3ccc(F)cc3)n1)OC[C@]2(C)C(N)=O. The van der Waals surface area contributed by atoms with Crippen LogP contribution in [0, 0.1) is 5.82 Å². The molecular formula is C18H18FIN2O3. The van der Waals surface area contributed by atoms with Crippen molar-refractivity contribution in [2.75, 3.05) is 11.0 Å². The van der Waals surface area contributed by atoms with E-state index in [0.717, 1.165) is 0 Å². The molecule has 0 saturated carbocycles. The van der Waals surface area contributed by atoms with Crippen molar-refractivity contribution in [2.45, 2.75) is 24.9 Å². The number of nitrogens with zero attached hydrogens (tertiary/aromatic N) is 1. The quantitative estimate of drug-likeness (QED) is 0.548. The fraction of sp³-hybridized carbons (Fsp3) is 0.333. The highest BCUT2D eigenvalue weighted by molar-refractivity contribution is 14.1. The van der Waals surface area contributed by atoms with Crippen LogP contribution in [-0.4, -0.2) is 27.0 Å². The zero-order valence-electron chi connectivity index (χ0n) is 13.8. The molecule has 0 bridgehead atoms. The van der Waals surface area contributed by atoms with Gasteiger partial charge in [0.25, 0.3) is 0 Å². The number of primary amides is 1. The van der Waals surface area contributed by atoms with Crippen LogP contribution in [0.1, 0.15) is 25.1 Å². The summed E-state index contributed by atoms with van der Waals surface area (Å²) < 4.78 is 19.4. The molecule has 1 amide bonds. The van der Waals surface area contributed by atoms with E-state index < -0.39 is 16.9 Å². The van der Waals surface area contributed by atoms with Crippen LogP contribution < -0.4 is 10.5 Å². The number of pyridine rings is 1. The Kier molecular flexibility index (Phi) is 4.48. The van der Waals surface area contributed by atoms with Gasteiger partial charge in [-0.05, 0) is 44.2 Å². The number of rotatable bonds is 4. The standard InChI is InChI=1S/C18H18FIN2O3/c1-17(16(21)23)9-25-15-12(17)7-13(18(2,24)8-20)22-14(15)10-3-5-11(19)6-4-10/h3-7,24H,8-9H2,1-2H3,(H2,21,23)/t17-,18+/m0/s1. The van der Waals surface area contributed by atoms with Crippen LogP contribution >= 0.6 is 22.6 Å². The average molecular weight is 456 g/mol. The predicted molar refractivity (Wildman–Crippen MR) is 100 cm³/mol. The lowest BCUT2D eigenvalue weighted by atomic mass is 9.82. The smallest absolute Gasteiger partial charge is 0.231 e. The molecule has 25 heavy (non-hydrogen) atoms. The van der Waals surface area contributed by atoms with Crippen LogP contribution in [0.4, 0.5) is 4.39 Å². The third-order valence-corrected chi connectivity index (χ3v) is 6.03. The van der Waals surface area contributed by atoms with Gasteiger partial charge in [-0.1, -0.05) is 22.6 Å². The van der Waals surface area contributed by atoms with Crippen molar-refractivity contribution in [2.24, 2.45) is 5.73 Å². The van der Waals surface area contributed by atoms with Crippen LogP contribution in [0.2, 0.25) is 0 Å². The van der Waals surface area contributed by atoms with Gasteiger partial charge in [-0.15, -0.1) is 0 Å². The van der Waals surface area contributed by atoms with E-state index in [1.807, 2.05) is 0 Å². The van der Waals surface area contributed by atoms with Crippen molar-refractivity contribution in [1.29, 1.82) is 0 Å². The molecule has 2 atom stereocenters. The number of aromatic nitrogens is 1. The molecule has 0 spiro atoms. The van der Waals surface area contributed by atoms with Crippen molar-refractivity contribution in [3.8, 4) is 17.0 Å². The maximum absolute atomic E-state index is 13.3. The Labute approximate surface area is 158 Å². The first-order valence-corrected chi connectivity index (χ1v) is 9.24. The molecule has 0 aliphatic carbocycles. The molecule has 3 N–H and O–H groups in total. The number of alkyl halides is 1. The first-order chi connectivity index (χ1) is 11.7. The number of carbonyl (C=O) groups excluding carboxylic acids is 1. The number of benzene rings is 1. The number of hydrogen-bond acceptors (Lipinski definition) is 4. The summed E-state index contributed by atoms with van der Waals surface area (Å²) in [7, 11) is 0. The van der Waals surface area contributed by atoms with Gasteiger partial charge in [-0.2, -0.15) is 0 Å². The maximum atomic E-state index is 13.3. The van der Waals surface area contributed by atoms with Crippen LogP contribution in [0.3, 0.4) is 0 Å². The minimum absolute atomic E-state index is 0.101. The molecule has 2 aromatic rings. The summed E-state index contributed by atoms with van der Waals surface area (Å²) in [4.78, 5) is 16.6. The average Bonchev–Trinajstić information content (AvgIpc) is 2.93.